The van der Waals surface area contributed by atoms with Crippen LogP contribution in [0.4, 0.5) is 10.2 Å². The van der Waals surface area contributed by atoms with Crippen LogP contribution in [0.2, 0.25) is 0 Å². The van der Waals surface area contributed by atoms with Gasteiger partial charge >= 0.3 is 0 Å². The third-order valence-corrected chi connectivity index (χ3v) is 7.17. The van der Waals surface area contributed by atoms with Gasteiger partial charge in [0.25, 0.3) is 0 Å². The average molecular weight is 566 g/mol. The van der Waals surface area contributed by atoms with Crippen molar-refractivity contribution in [2.24, 2.45) is 5.73 Å². The summed E-state index contributed by atoms with van der Waals surface area (Å²) < 4.78 is 20.4. The Morgan fingerprint density at radius 1 is 1.00 bits per heavy atom. The van der Waals surface area contributed by atoms with Crippen molar-refractivity contribution in [3.8, 4) is 39.8 Å². The van der Waals surface area contributed by atoms with Crippen molar-refractivity contribution in [3.05, 3.63) is 61.1 Å². The summed E-state index contributed by atoms with van der Waals surface area (Å²) >= 11 is 0. The molecule has 1 fully saturated rings. The second-order valence-corrected chi connectivity index (χ2v) is 10.6. The number of halogens is 1. The molecule has 1 aromatic carbocycles. The highest BCUT2D eigenvalue weighted by atomic mass is 19.1. The molecular weight excluding hydrogens is 537 g/mol. The number of nitrogens with two attached hydrogens (primary N) is 1. The Morgan fingerprint density at radius 3 is 2.69 bits per heavy atom. The lowest BCUT2D eigenvalue weighted by Crippen LogP contribution is -2.56. The van der Waals surface area contributed by atoms with E-state index in [1.54, 1.807) is 37.1 Å². The molecule has 0 radical (unpaired) electrons. The molecule has 6 heterocycles. The minimum absolute atomic E-state index is 0.155. The van der Waals surface area contributed by atoms with Gasteiger partial charge in [-0.2, -0.15) is 5.10 Å². The van der Waals surface area contributed by atoms with E-state index in [0.29, 0.717) is 64.0 Å². The number of ether oxygens (including phenoxy) is 1. The molecule has 12 nitrogen and oxygen atoms in total. The fourth-order valence-corrected chi connectivity index (χ4v) is 4.97. The first kappa shape index (κ1) is 25.9. The minimum Gasteiger partial charge on any atom is -0.492 e. The summed E-state index contributed by atoms with van der Waals surface area (Å²) in [4.78, 5) is 30.4. The first-order valence-electron chi connectivity index (χ1n) is 13.5. The molecule has 1 aliphatic heterocycles. The van der Waals surface area contributed by atoms with E-state index >= 15 is 0 Å². The highest BCUT2D eigenvalue weighted by Gasteiger charge is 2.25. The highest BCUT2D eigenvalue weighted by molar-refractivity contribution is 5.97. The number of likely N-dealkylation sites (N-methyl/N-ethyl adjacent to an activating group) is 1. The van der Waals surface area contributed by atoms with E-state index < -0.39 is 5.82 Å². The van der Waals surface area contributed by atoms with Crippen molar-refractivity contribution in [1.82, 2.24) is 45.0 Å². The van der Waals surface area contributed by atoms with Gasteiger partial charge in [0.05, 0.1) is 47.0 Å². The lowest BCUT2D eigenvalue weighted by atomic mass is 10.1. The number of hydrogen-bond donors (Lipinski definition) is 3. The predicted octanol–water partition coefficient (Wildman–Crippen LogP) is 3.25. The van der Waals surface area contributed by atoms with Gasteiger partial charge in [-0.25, -0.2) is 14.4 Å². The van der Waals surface area contributed by atoms with Crippen molar-refractivity contribution < 1.29 is 9.13 Å². The van der Waals surface area contributed by atoms with Crippen LogP contribution in [0.3, 0.4) is 0 Å². The number of pyridine rings is 2. The number of imidazole rings is 1. The summed E-state index contributed by atoms with van der Waals surface area (Å²) in [6.07, 6.45) is 8.50. The molecule has 0 amide bonds. The summed E-state index contributed by atoms with van der Waals surface area (Å²) in [5.74, 6) is 1.35. The van der Waals surface area contributed by atoms with E-state index in [0.717, 1.165) is 29.8 Å². The Morgan fingerprint density at radius 2 is 1.86 bits per heavy atom. The number of rotatable bonds is 8. The molecule has 6 aromatic rings. The van der Waals surface area contributed by atoms with Gasteiger partial charge in [0.1, 0.15) is 35.4 Å². The van der Waals surface area contributed by atoms with E-state index in [9.17, 15) is 4.39 Å². The van der Waals surface area contributed by atoms with Crippen LogP contribution in [0.25, 0.3) is 56.0 Å². The summed E-state index contributed by atoms with van der Waals surface area (Å²) in [7, 11) is 3.91. The zero-order chi connectivity index (χ0) is 28.8. The topological polar surface area (TPSA) is 151 Å². The molecule has 0 aliphatic carbocycles. The van der Waals surface area contributed by atoms with Crippen molar-refractivity contribution in [3.63, 3.8) is 0 Å². The standard InChI is InChI=1S/C29H28FN11O/c1-40(2)3-4-42-19-6-16(5-17(30)7-19)21-9-32-11-25-27(21)37-29(36-25)28-20-8-22(34-12-23(20)38-39-28)24-10-33-13-26(35-24)41-14-18(31)15-41/h5-13,18H,3-4,14-15,31H2,1-2H3,(H,36,37)(H,38,39). The van der Waals surface area contributed by atoms with Crippen LogP contribution >= 0.6 is 0 Å². The van der Waals surface area contributed by atoms with Crippen LogP contribution in [-0.4, -0.2) is 91.4 Å². The summed E-state index contributed by atoms with van der Waals surface area (Å²) in [5, 5.41) is 8.38. The fraction of sp³-hybridized carbons (Fsp3) is 0.241. The number of nitrogens with zero attached hydrogens (tertiary/aromatic N) is 8. The highest BCUT2D eigenvalue weighted by Crippen LogP contribution is 2.33. The Labute approximate surface area is 239 Å². The molecule has 1 aliphatic rings. The molecule has 5 aromatic heterocycles. The summed E-state index contributed by atoms with van der Waals surface area (Å²) in [6, 6.07) is 6.70. The first-order chi connectivity index (χ1) is 20.4. The summed E-state index contributed by atoms with van der Waals surface area (Å²) in [5.41, 5.74) is 11.2. The molecule has 0 bridgehead atoms. The smallest absolute Gasteiger partial charge is 0.159 e. The lowest BCUT2D eigenvalue weighted by Gasteiger charge is -2.37. The molecule has 212 valence electrons. The third kappa shape index (κ3) is 4.88. The zero-order valence-electron chi connectivity index (χ0n) is 23.0. The maximum Gasteiger partial charge on any atom is 0.159 e. The van der Waals surface area contributed by atoms with Gasteiger partial charge in [0, 0.05) is 48.9 Å². The number of H-pyrrole nitrogens is 2. The Balaban J connectivity index is 1.24. The normalized spacial score (nSPS) is 13.8. The minimum atomic E-state index is -0.400. The van der Waals surface area contributed by atoms with Gasteiger partial charge in [-0.1, -0.05) is 0 Å². The second kappa shape index (κ2) is 10.4. The molecular formula is C29H28FN11O. The predicted molar refractivity (Wildman–Crippen MR) is 157 cm³/mol. The SMILES string of the molecule is CN(C)CCOc1cc(F)cc(-c2cncc3[nH]c(-c4n[nH]c5cnc(-c6cncc(N7CC(N)C7)n6)cc45)nc23)c1. The van der Waals surface area contributed by atoms with E-state index in [2.05, 4.69) is 35.0 Å². The number of nitrogens with one attached hydrogen (secondary N) is 2. The number of fused-ring (bicyclic) bond motifs is 2. The van der Waals surface area contributed by atoms with Gasteiger partial charge in [-0.3, -0.25) is 20.1 Å². The van der Waals surface area contributed by atoms with Crippen LogP contribution in [0.5, 0.6) is 5.75 Å². The zero-order valence-corrected chi connectivity index (χ0v) is 23.0. The molecule has 1 saturated heterocycles. The molecule has 4 N–H and O–H groups in total. The Kier molecular flexibility index (Phi) is 6.44. The van der Waals surface area contributed by atoms with Crippen molar-refractivity contribution in [2.45, 2.75) is 6.04 Å². The van der Waals surface area contributed by atoms with Gasteiger partial charge in [-0.05, 0) is 37.9 Å². The van der Waals surface area contributed by atoms with Gasteiger partial charge in [0.2, 0.25) is 0 Å². The largest absolute Gasteiger partial charge is 0.492 e. The van der Waals surface area contributed by atoms with Crippen LogP contribution < -0.4 is 15.4 Å². The molecule has 0 saturated carbocycles. The Bertz CT molecular complexity index is 1910. The van der Waals surface area contributed by atoms with Gasteiger partial charge in [0.15, 0.2) is 5.82 Å². The molecule has 13 heteroatoms. The van der Waals surface area contributed by atoms with Crippen molar-refractivity contribution in [2.75, 3.05) is 45.2 Å². The first-order valence-corrected chi connectivity index (χ1v) is 13.5. The molecule has 0 unspecified atom stereocenters. The average Bonchev–Trinajstić information content (AvgIpc) is 3.59. The van der Waals surface area contributed by atoms with Gasteiger partial charge < -0.3 is 25.3 Å². The van der Waals surface area contributed by atoms with Crippen LogP contribution in [-0.2, 0) is 0 Å². The third-order valence-electron chi connectivity index (χ3n) is 7.17. The molecule has 0 atom stereocenters. The van der Waals surface area contributed by atoms with Crippen molar-refractivity contribution >= 4 is 27.8 Å². The van der Waals surface area contributed by atoms with Gasteiger partial charge in [-0.15, -0.1) is 0 Å². The maximum absolute atomic E-state index is 14.6. The monoisotopic (exact) mass is 565 g/mol. The number of anilines is 1. The van der Waals surface area contributed by atoms with E-state index in [4.69, 9.17) is 20.4 Å². The number of aromatic amines is 2. The molecule has 42 heavy (non-hydrogen) atoms. The molecule has 7 rings (SSSR count). The van der Waals surface area contributed by atoms with Crippen LogP contribution in [0, 0.1) is 5.82 Å². The fourth-order valence-electron chi connectivity index (χ4n) is 4.97. The number of benzene rings is 1. The quantitative estimate of drug-likeness (QED) is 0.251. The van der Waals surface area contributed by atoms with E-state index in [1.807, 2.05) is 25.1 Å². The van der Waals surface area contributed by atoms with E-state index in [1.165, 1.54) is 12.1 Å². The number of aromatic nitrogens is 8. The van der Waals surface area contributed by atoms with Crippen LogP contribution in [0.15, 0.2) is 55.2 Å². The molecule has 0 spiro atoms. The Hall–Kier alpha value is -5.01. The maximum atomic E-state index is 14.6. The van der Waals surface area contributed by atoms with E-state index in [-0.39, 0.29) is 6.04 Å². The van der Waals surface area contributed by atoms with Crippen LogP contribution in [0.1, 0.15) is 0 Å². The van der Waals surface area contributed by atoms with Crippen molar-refractivity contribution in [1.29, 1.82) is 0 Å². The second-order valence-electron chi connectivity index (χ2n) is 10.6. The lowest BCUT2D eigenvalue weighted by molar-refractivity contribution is 0.260. The number of hydrogen-bond acceptors (Lipinski definition) is 10. The summed E-state index contributed by atoms with van der Waals surface area (Å²) in [6.45, 7) is 2.65.